The summed E-state index contributed by atoms with van der Waals surface area (Å²) in [5.74, 6) is -1.85. The molecule has 1 aliphatic heterocycles. The third-order valence-corrected chi connectivity index (χ3v) is 5.63. The molecule has 1 saturated heterocycles. The molecule has 5 nitrogen and oxygen atoms in total. The van der Waals surface area contributed by atoms with Crippen LogP contribution >= 0.6 is 11.3 Å². The van der Waals surface area contributed by atoms with Gasteiger partial charge in [-0.15, -0.1) is 11.3 Å². The van der Waals surface area contributed by atoms with Gasteiger partial charge in [0.15, 0.2) is 0 Å². The minimum absolute atomic E-state index is 0.0353. The highest BCUT2D eigenvalue weighted by molar-refractivity contribution is 7.10. The minimum Gasteiger partial charge on any atom is -0.507 e. The first-order chi connectivity index (χ1) is 14.0. The Balaban J connectivity index is 1.90. The number of aliphatic hydroxyl groups is 1. The van der Waals surface area contributed by atoms with E-state index in [0.717, 1.165) is 0 Å². The molecular formula is C22H16FNO4S. The van der Waals surface area contributed by atoms with E-state index in [2.05, 4.69) is 0 Å². The molecule has 4 rings (SSSR count). The average molecular weight is 409 g/mol. The molecule has 146 valence electrons. The zero-order valence-electron chi connectivity index (χ0n) is 15.3. The molecular weight excluding hydrogens is 393 g/mol. The van der Waals surface area contributed by atoms with Gasteiger partial charge >= 0.3 is 0 Å². The normalized spacial score (nSPS) is 18.3. The molecule has 0 radical (unpaired) electrons. The van der Waals surface area contributed by atoms with Crippen LogP contribution in [-0.2, 0) is 9.59 Å². The largest absolute Gasteiger partial charge is 0.507 e. The van der Waals surface area contributed by atoms with Crippen LogP contribution < -0.4 is 9.64 Å². The van der Waals surface area contributed by atoms with E-state index in [-0.39, 0.29) is 17.0 Å². The van der Waals surface area contributed by atoms with Crippen molar-refractivity contribution >= 4 is 34.5 Å². The van der Waals surface area contributed by atoms with E-state index in [0.29, 0.717) is 16.2 Å². The van der Waals surface area contributed by atoms with Crippen LogP contribution in [0.4, 0.5) is 10.1 Å². The van der Waals surface area contributed by atoms with E-state index in [4.69, 9.17) is 4.74 Å². The quantitative estimate of drug-likeness (QED) is 0.391. The van der Waals surface area contributed by atoms with Gasteiger partial charge in [-0.25, -0.2) is 4.39 Å². The first kappa shape index (κ1) is 18.9. The van der Waals surface area contributed by atoms with Gasteiger partial charge in [0.1, 0.15) is 23.4 Å². The highest BCUT2D eigenvalue weighted by Crippen LogP contribution is 2.43. The number of ether oxygens (including phenoxy) is 1. The number of carbonyl (C=O) groups excluding carboxylic acids is 2. The molecule has 29 heavy (non-hydrogen) atoms. The Bertz CT molecular complexity index is 1110. The van der Waals surface area contributed by atoms with Gasteiger partial charge in [-0.2, -0.15) is 0 Å². The van der Waals surface area contributed by atoms with E-state index in [1.54, 1.807) is 42.5 Å². The Morgan fingerprint density at radius 2 is 1.86 bits per heavy atom. The Morgan fingerprint density at radius 1 is 1.10 bits per heavy atom. The summed E-state index contributed by atoms with van der Waals surface area (Å²) in [6, 6.07) is 14.7. The number of thiophene rings is 1. The highest BCUT2D eigenvalue weighted by atomic mass is 32.1. The molecule has 0 bridgehead atoms. The number of carbonyl (C=O) groups is 2. The summed E-state index contributed by atoms with van der Waals surface area (Å²) in [5, 5.41) is 12.7. The molecule has 7 heteroatoms. The van der Waals surface area contributed by atoms with Crippen molar-refractivity contribution in [1.82, 2.24) is 0 Å². The van der Waals surface area contributed by atoms with E-state index in [1.165, 1.54) is 41.5 Å². The third-order valence-electron chi connectivity index (χ3n) is 4.71. The molecule has 1 aromatic heterocycles. The maximum Gasteiger partial charge on any atom is 0.300 e. The van der Waals surface area contributed by atoms with Gasteiger partial charge in [0.25, 0.3) is 11.7 Å². The second-order valence-electron chi connectivity index (χ2n) is 6.39. The molecule has 2 aromatic carbocycles. The van der Waals surface area contributed by atoms with Crippen molar-refractivity contribution in [2.75, 3.05) is 12.0 Å². The van der Waals surface area contributed by atoms with Crippen LogP contribution in [-0.4, -0.2) is 23.9 Å². The summed E-state index contributed by atoms with van der Waals surface area (Å²) in [7, 11) is 1.52. The molecule has 1 unspecified atom stereocenters. The molecule has 1 N–H and O–H groups in total. The SMILES string of the molecule is COc1ccc(/C(O)=C2/C(=O)C(=O)N(c3cccc(F)c3)C2c2cccs2)cc1. The number of methoxy groups -OCH3 is 1. The molecule has 0 spiro atoms. The molecule has 0 aliphatic carbocycles. The summed E-state index contributed by atoms with van der Waals surface area (Å²) in [4.78, 5) is 27.7. The van der Waals surface area contributed by atoms with Gasteiger partial charge in [-0.3, -0.25) is 14.5 Å². The lowest BCUT2D eigenvalue weighted by Gasteiger charge is -2.24. The predicted octanol–water partition coefficient (Wildman–Crippen LogP) is 4.52. The maximum atomic E-state index is 13.8. The smallest absolute Gasteiger partial charge is 0.300 e. The van der Waals surface area contributed by atoms with Crippen LogP contribution in [0.5, 0.6) is 5.75 Å². The molecule has 1 aliphatic rings. The minimum atomic E-state index is -0.848. The number of aliphatic hydroxyl groups excluding tert-OH is 1. The topological polar surface area (TPSA) is 66.8 Å². The number of benzene rings is 2. The van der Waals surface area contributed by atoms with Crippen LogP contribution in [0.2, 0.25) is 0 Å². The van der Waals surface area contributed by atoms with Crippen LogP contribution in [0.3, 0.4) is 0 Å². The zero-order valence-corrected chi connectivity index (χ0v) is 16.2. The number of hydrogen-bond donors (Lipinski definition) is 1. The Hall–Kier alpha value is -3.45. The van der Waals surface area contributed by atoms with Crippen LogP contribution in [0, 0.1) is 5.82 Å². The number of amides is 1. The summed E-state index contributed by atoms with van der Waals surface area (Å²) < 4.78 is 18.9. The Kier molecular flexibility index (Phi) is 4.90. The fraction of sp³-hybridized carbons (Fsp3) is 0.0909. The second-order valence-corrected chi connectivity index (χ2v) is 7.37. The first-order valence-electron chi connectivity index (χ1n) is 8.75. The van der Waals surface area contributed by atoms with Crippen molar-refractivity contribution in [2.24, 2.45) is 0 Å². The van der Waals surface area contributed by atoms with Gasteiger partial charge in [-0.1, -0.05) is 12.1 Å². The molecule has 2 heterocycles. The lowest BCUT2D eigenvalue weighted by molar-refractivity contribution is -0.132. The fourth-order valence-corrected chi connectivity index (χ4v) is 4.17. The molecule has 1 atom stereocenters. The fourth-order valence-electron chi connectivity index (χ4n) is 3.35. The van der Waals surface area contributed by atoms with E-state index >= 15 is 0 Å². The van der Waals surface area contributed by atoms with Crippen molar-refractivity contribution in [3.63, 3.8) is 0 Å². The molecule has 1 amide bonds. The number of anilines is 1. The lowest BCUT2D eigenvalue weighted by Crippen LogP contribution is -2.29. The number of nitrogens with zero attached hydrogens (tertiary/aromatic N) is 1. The second kappa shape index (κ2) is 7.52. The van der Waals surface area contributed by atoms with Crippen molar-refractivity contribution < 1.29 is 23.8 Å². The van der Waals surface area contributed by atoms with Gasteiger partial charge in [0, 0.05) is 16.1 Å². The van der Waals surface area contributed by atoms with Crippen molar-refractivity contribution in [3.05, 3.63) is 87.9 Å². The number of hydrogen-bond acceptors (Lipinski definition) is 5. The van der Waals surface area contributed by atoms with E-state index in [9.17, 15) is 19.1 Å². The average Bonchev–Trinajstić information content (AvgIpc) is 3.35. The lowest BCUT2D eigenvalue weighted by atomic mass is 9.99. The number of ketones is 1. The first-order valence-corrected chi connectivity index (χ1v) is 9.63. The number of rotatable bonds is 4. The van der Waals surface area contributed by atoms with Crippen LogP contribution in [0.25, 0.3) is 5.76 Å². The number of Topliss-reactive ketones (excluding diaryl/α,β-unsaturated/α-hetero) is 1. The van der Waals surface area contributed by atoms with Gasteiger partial charge in [-0.05, 0) is 53.9 Å². The molecule has 1 fully saturated rings. The highest BCUT2D eigenvalue weighted by Gasteiger charge is 2.47. The van der Waals surface area contributed by atoms with Gasteiger partial charge < -0.3 is 9.84 Å². The Morgan fingerprint density at radius 3 is 2.48 bits per heavy atom. The maximum absolute atomic E-state index is 13.8. The summed E-state index contributed by atoms with van der Waals surface area (Å²) in [6.07, 6.45) is 0. The third kappa shape index (κ3) is 3.30. The Labute approximate surface area is 170 Å². The van der Waals surface area contributed by atoms with Crippen LogP contribution in [0.1, 0.15) is 16.5 Å². The van der Waals surface area contributed by atoms with Crippen molar-refractivity contribution in [2.45, 2.75) is 6.04 Å². The van der Waals surface area contributed by atoms with Crippen molar-refractivity contribution in [1.29, 1.82) is 0 Å². The summed E-state index contributed by atoms with van der Waals surface area (Å²) >= 11 is 1.34. The summed E-state index contributed by atoms with van der Waals surface area (Å²) in [5.41, 5.74) is 0.593. The van der Waals surface area contributed by atoms with E-state index < -0.39 is 23.5 Å². The number of halogens is 1. The monoisotopic (exact) mass is 409 g/mol. The van der Waals surface area contributed by atoms with Gasteiger partial charge in [0.2, 0.25) is 0 Å². The molecule has 0 saturated carbocycles. The van der Waals surface area contributed by atoms with Gasteiger partial charge in [0.05, 0.1) is 12.7 Å². The van der Waals surface area contributed by atoms with Crippen LogP contribution in [0.15, 0.2) is 71.6 Å². The standard InChI is InChI=1S/C22H16FNO4S/c1-28-16-9-7-13(8-10-16)20(25)18-19(17-6-3-11-29-17)24(22(27)21(18)26)15-5-2-4-14(23)12-15/h2-12,19,25H,1H3/b20-18-. The van der Waals surface area contributed by atoms with Crippen molar-refractivity contribution in [3.8, 4) is 5.75 Å². The van der Waals surface area contributed by atoms with E-state index in [1.807, 2.05) is 5.38 Å². The molecule has 3 aromatic rings. The zero-order chi connectivity index (χ0) is 20.5. The summed E-state index contributed by atoms with van der Waals surface area (Å²) in [6.45, 7) is 0. The predicted molar refractivity (Wildman–Crippen MR) is 108 cm³/mol.